The van der Waals surface area contributed by atoms with Crippen molar-refractivity contribution < 1.29 is 48.5 Å². The van der Waals surface area contributed by atoms with Crippen molar-refractivity contribution in [2.45, 2.75) is 101 Å². The van der Waals surface area contributed by atoms with Crippen LogP contribution < -0.4 is 18.9 Å². The van der Waals surface area contributed by atoms with Crippen LogP contribution in [0.15, 0.2) is 125 Å². The number of ether oxygens (including phenoxy) is 5. The zero-order valence-electron chi connectivity index (χ0n) is 40.3. The quantitative estimate of drug-likeness (QED) is 0.0202. The standard InChI is InChI=1S/C55H63N3O11S/c1-6-29-66-55-50(57(34-37-15-24-48-49(30-37)65-35-64-48)51(61)26-16-36-13-17-39(18-14-36)58(62)63)33-46(56-69-54(2,3)4)44-31-38(11-7-9-27-59)43(12-8-10-28-60)52(53(44)55)45-32-41(21-25-47(45)68-55)67-40-19-22-42(70-5)23-20-40/h6,13-26,30-32,38,43,50,52-53,59-60H,1,7-12,27-29,33-35H2,2-5H3/t38-,43+,50-,52+,53+,55+/m0/s1. The van der Waals surface area contributed by atoms with Gasteiger partial charge in [-0.3, -0.25) is 14.9 Å². The highest BCUT2D eigenvalue weighted by Crippen LogP contribution is 2.62. The van der Waals surface area contributed by atoms with Gasteiger partial charge in [-0.05, 0) is 154 Å². The lowest BCUT2D eigenvalue weighted by Gasteiger charge is -2.60. The van der Waals surface area contributed by atoms with Gasteiger partial charge in [0.05, 0.1) is 23.2 Å². The maximum absolute atomic E-state index is 15.3. The number of amides is 1. The number of nitro benzene ring substituents is 1. The molecule has 15 heteroatoms. The van der Waals surface area contributed by atoms with Crippen LogP contribution in [-0.2, 0) is 20.9 Å². The second-order valence-corrected chi connectivity index (χ2v) is 20.0. The normalized spacial score (nSPS) is 22.7. The molecule has 1 fully saturated rings. The molecule has 14 nitrogen and oxygen atoms in total. The third-order valence-corrected chi connectivity index (χ3v) is 14.1. The lowest BCUT2D eigenvalue weighted by atomic mass is 9.55. The van der Waals surface area contributed by atoms with E-state index in [2.05, 4.69) is 18.7 Å². The minimum absolute atomic E-state index is 0.00644. The van der Waals surface area contributed by atoms with Gasteiger partial charge >= 0.3 is 0 Å². The summed E-state index contributed by atoms with van der Waals surface area (Å²) in [6, 6.07) is 24.6. The highest BCUT2D eigenvalue weighted by Gasteiger charge is 2.65. The van der Waals surface area contributed by atoms with Crippen molar-refractivity contribution in [1.29, 1.82) is 0 Å². The number of nitrogens with zero attached hydrogens (tertiary/aromatic N) is 3. The molecule has 2 aliphatic carbocycles. The SMILES string of the molecule is C=CCO[C@@]12Oc3ccc(Oc4ccc(SC)cc4)cc3[C@H]3[C@H](CCCCO)[C@@H](CCCCO)C=C(C(=NOC(C)(C)C)C[C@@H]1N(Cc1ccc4c(c1)OCO4)C(=O)C=Cc1ccc([N+](=O)[O-])cc1)[C@H]32. The Morgan fingerprint density at radius 1 is 0.943 bits per heavy atom. The number of hydrogen-bond acceptors (Lipinski definition) is 13. The van der Waals surface area contributed by atoms with Crippen molar-refractivity contribution >= 4 is 35.1 Å². The fraction of sp³-hybridized carbons (Fsp3) is 0.418. The molecule has 2 N–H and O–H groups in total. The van der Waals surface area contributed by atoms with Gasteiger partial charge in [0.25, 0.3) is 5.69 Å². The Hall–Kier alpha value is -6.13. The molecule has 2 aliphatic heterocycles. The topological polar surface area (TPSA) is 172 Å². The monoisotopic (exact) mass is 973 g/mol. The second kappa shape index (κ2) is 22.3. The minimum atomic E-state index is -1.53. The van der Waals surface area contributed by atoms with E-state index in [1.54, 1.807) is 40.9 Å². The largest absolute Gasteiger partial charge is 0.459 e. The molecule has 0 saturated heterocycles. The first-order valence-electron chi connectivity index (χ1n) is 24.0. The maximum Gasteiger partial charge on any atom is 0.269 e. The third-order valence-electron chi connectivity index (χ3n) is 13.3. The van der Waals surface area contributed by atoms with Crippen LogP contribution in [0.2, 0.25) is 0 Å². The number of aliphatic hydroxyl groups is 2. The molecule has 0 unspecified atom stereocenters. The molecule has 0 spiro atoms. The first-order chi connectivity index (χ1) is 33.8. The number of thioether (sulfide) groups is 1. The van der Waals surface area contributed by atoms with Gasteiger partial charge in [0.1, 0.15) is 28.9 Å². The maximum atomic E-state index is 15.3. The highest BCUT2D eigenvalue weighted by molar-refractivity contribution is 7.98. The molecule has 1 amide bonds. The van der Waals surface area contributed by atoms with E-state index in [1.165, 1.54) is 18.2 Å². The van der Waals surface area contributed by atoms with Crippen LogP contribution in [0.5, 0.6) is 28.7 Å². The summed E-state index contributed by atoms with van der Waals surface area (Å²) in [5.41, 5.74) is 3.13. The zero-order valence-corrected chi connectivity index (χ0v) is 41.1. The summed E-state index contributed by atoms with van der Waals surface area (Å²) in [5.74, 6) is 0.349. The first kappa shape index (κ1) is 50.3. The Morgan fingerprint density at radius 3 is 2.36 bits per heavy atom. The lowest BCUT2D eigenvalue weighted by molar-refractivity contribution is -0.384. The second-order valence-electron chi connectivity index (χ2n) is 19.1. The van der Waals surface area contributed by atoms with Gasteiger partial charge in [-0.25, -0.2) is 0 Å². The van der Waals surface area contributed by atoms with Crippen LogP contribution in [0.25, 0.3) is 6.08 Å². The van der Waals surface area contributed by atoms with E-state index < -0.39 is 28.3 Å². The number of hydrogen-bond donors (Lipinski definition) is 2. The molecule has 8 rings (SSSR count). The molecule has 0 bridgehead atoms. The first-order valence-corrected chi connectivity index (χ1v) is 25.3. The van der Waals surface area contributed by atoms with Gasteiger partial charge in [-0.15, -0.1) is 18.3 Å². The molecular weight excluding hydrogens is 911 g/mol. The number of oxime groups is 1. The van der Waals surface area contributed by atoms with E-state index in [4.69, 9.17) is 33.7 Å². The van der Waals surface area contributed by atoms with Crippen molar-refractivity contribution in [1.82, 2.24) is 4.90 Å². The number of fused-ring (bicyclic) bond motifs is 3. The van der Waals surface area contributed by atoms with Crippen molar-refractivity contribution in [3.8, 4) is 28.7 Å². The molecule has 0 aromatic heterocycles. The summed E-state index contributed by atoms with van der Waals surface area (Å²) in [4.78, 5) is 35.6. The van der Waals surface area contributed by atoms with E-state index in [9.17, 15) is 20.3 Å². The molecule has 370 valence electrons. The summed E-state index contributed by atoms with van der Waals surface area (Å²) >= 11 is 1.66. The molecule has 4 aliphatic rings. The number of benzene rings is 4. The molecule has 0 radical (unpaired) electrons. The molecule has 70 heavy (non-hydrogen) atoms. The zero-order chi connectivity index (χ0) is 49.4. The van der Waals surface area contributed by atoms with Gasteiger partial charge < -0.3 is 43.6 Å². The molecule has 4 aromatic carbocycles. The predicted octanol–water partition coefficient (Wildman–Crippen LogP) is 11.0. The lowest BCUT2D eigenvalue weighted by Crippen LogP contribution is -2.70. The summed E-state index contributed by atoms with van der Waals surface area (Å²) in [5, 5.41) is 36.6. The van der Waals surface area contributed by atoms with Crippen LogP contribution in [0.3, 0.4) is 0 Å². The number of non-ortho nitro benzene ring substituents is 1. The average Bonchev–Trinajstić information content (AvgIpc) is 3.83. The molecule has 6 atom stereocenters. The molecule has 1 saturated carbocycles. The van der Waals surface area contributed by atoms with Crippen LogP contribution in [-0.4, -0.2) is 82.0 Å². The van der Waals surface area contributed by atoms with E-state index in [-0.39, 0.29) is 68.9 Å². The summed E-state index contributed by atoms with van der Waals surface area (Å²) < 4.78 is 32.7. The number of carbonyl (C=O) groups excluding carboxylic acids is 1. The van der Waals surface area contributed by atoms with Crippen LogP contribution in [0.1, 0.15) is 88.3 Å². The van der Waals surface area contributed by atoms with E-state index in [0.29, 0.717) is 52.9 Å². The van der Waals surface area contributed by atoms with E-state index in [1.807, 2.05) is 81.6 Å². The van der Waals surface area contributed by atoms with Gasteiger partial charge in [-0.2, -0.15) is 0 Å². The van der Waals surface area contributed by atoms with Gasteiger partial charge in [-0.1, -0.05) is 36.2 Å². The van der Waals surface area contributed by atoms with Crippen molar-refractivity contribution in [3.05, 3.63) is 142 Å². The third kappa shape index (κ3) is 11.2. The molecular formula is C55H63N3O11S. The number of aliphatic hydroxyl groups excluding tert-OH is 2. The minimum Gasteiger partial charge on any atom is -0.459 e. The van der Waals surface area contributed by atoms with Crippen molar-refractivity contribution in [2.24, 2.45) is 22.9 Å². The number of unbranched alkanes of at least 4 members (excludes halogenated alkanes) is 2. The Labute approximate surface area is 414 Å². The highest BCUT2D eigenvalue weighted by atomic mass is 32.2. The van der Waals surface area contributed by atoms with Gasteiger partial charge in [0, 0.05) is 60.8 Å². The Morgan fingerprint density at radius 2 is 1.66 bits per heavy atom. The number of carbonyl (C=O) groups is 1. The number of rotatable bonds is 21. The van der Waals surface area contributed by atoms with Gasteiger partial charge in [0.2, 0.25) is 18.5 Å². The Kier molecular flexibility index (Phi) is 16.0. The Balaban J connectivity index is 1.34. The fourth-order valence-electron chi connectivity index (χ4n) is 10.2. The van der Waals surface area contributed by atoms with Crippen LogP contribution in [0, 0.1) is 27.9 Å². The number of nitro groups is 1. The summed E-state index contributed by atoms with van der Waals surface area (Å²) in [6.07, 6.45) is 13.7. The average molecular weight is 974 g/mol. The van der Waals surface area contributed by atoms with Crippen molar-refractivity contribution in [3.63, 3.8) is 0 Å². The summed E-state index contributed by atoms with van der Waals surface area (Å²) in [7, 11) is 0. The van der Waals surface area contributed by atoms with E-state index >= 15 is 4.79 Å². The fourth-order valence-corrected chi connectivity index (χ4v) is 10.6. The molecule has 2 heterocycles. The van der Waals surface area contributed by atoms with Crippen molar-refractivity contribution in [2.75, 3.05) is 32.9 Å². The van der Waals surface area contributed by atoms with E-state index in [0.717, 1.165) is 47.3 Å². The summed E-state index contributed by atoms with van der Waals surface area (Å²) in [6.45, 7) is 10.3. The predicted molar refractivity (Wildman–Crippen MR) is 269 cm³/mol. The number of allylic oxidation sites excluding steroid dienone is 1. The Bertz CT molecular complexity index is 2590. The van der Waals surface area contributed by atoms with Crippen LogP contribution in [0.4, 0.5) is 5.69 Å². The molecule has 4 aromatic rings. The smallest absolute Gasteiger partial charge is 0.269 e. The van der Waals surface area contributed by atoms with Crippen LogP contribution >= 0.6 is 11.8 Å². The van der Waals surface area contributed by atoms with Gasteiger partial charge in [0.15, 0.2) is 11.5 Å².